The lowest BCUT2D eigenvalue weighted by molar-refractivity contribution is 0.340. The van der Waals surface area contributed by atoms with E-state index in [1.807, 2.05) is 43.3 Å². The van der Waals surface area contributed by atoms with Crippen molar-refractivity contribution >= 4 is 33.9 Å². The van der Waals surface area contributed by atoms with Gasteiger partial charge < -0.3 is 30.3 Å². The van der Waals surface area contributed by atoms with Crippen molar-refractivity contribution in [1.29, 1.82) is 0 Å². The maximum atomic E-state index is 6.47. The predicted molar refractivity (Wildman–Crippen MR) is 147 cm³/mol. The second-order valence-corrected chi connectivity index (χ2v) is 9.16. The van der Waals surface area contributed by atoms with Crippen LogP contribution in [0.2, 0.25) is 0 Å². The van der Waals surface area contributed by atoms with Crippen LogP contribution in [0.25, 0.3) is 16.7 Å². The maximum Gasteiger partial charge on any atom is 0.229 e. The van der Waals surface area contributed by atoms with E-state index in [-0.39, 0.29) is 0 Å². The number of nitrogens with one attached hydrogen (secondary N) is 1. The van der Waals surface area contributed by atoms with Crippen LogP contribution in [0.1, 0.15) is 19.8 Å². The highest BCUT2D eigenvalue weighted by Gasteiger charge is 2.16. The van der Waals surface area contributed by atoms with E-state index in [9.17, 15) is 0 Å². The third-order valence-electron chi connectivity index (χ3n) is 6.67. The summed E-state index contributed by atoms with van der Waals surface area (Å²) in [6.45, 7) is 6.86. The van der Waals surface area contributed by atoms with Gasteiger partial charge in [0.2, 0.25) is 5.95 Å². The van der Waals surface area contributed by atoms with E-state index in [0.29, 0.717) is 35.5 Å². The van der Waals surface area contributed by atoms with Crippen molar-refractivity contribution in [2.24, 2.45) is 0 Å². The first kappa shape index (κ1) is 24.6. The van der Waals surface area contributed by atoms with E-state index in [1.165, 1.54) is 25.9 Å². The zero-order valence-electron chi connectivity index (χ0n) is 21.6. The van der Waals surface area contributed by atoms with Gasteiger partial charge in [0.25, 0.3) is 0 Å². The fourth-order valence-corrected chi connectivity index (χ4v) is 4.70. The minimum Gasteiger partial charge on any atom is -0.494 e. The molecule has 1 fully saturated rings. The molecule has 5 rings (SSSR count). The molecule has 2 aromatic carbocycles. The van der Waals surface area contributed by atoms with Gasteiger partial charge in [-0.15, -0.1) is 0 Å². The molecule has 0 radical (unpaired) electrons. The first-order valence-corrected chi connectivity index (χ1v) is 12.7. The number of ether oxygens (including phenoxy) is 2. The molecule has 0 atom stereocenters. The fraction of sp³-hybridized carbons (Fsp3) is 0.370. The van der Waals surface area contributed by atoms with Crippen molar-refractivity contribution in [1.82, 2.24) is 24.6 Å². The smallest absolute Gasteiger partial charge is 0.229 e. The molecular formula is C27H34N8O2. The normalized spacial score (nSPS) is 13.7. The maximum absolute atomic E-state index is 6.47. The lowest BCUT2D eigenvalue weighted by Crippen LogP contribution is -2.31. The van der Waals surface area contributed by atoms with Gasteiger partial charge in [-0.3, -0.25) is 0 Å². The number of likely N-dealkylation sites (N-methyl/N-ethyl adjacent to an activating group) is 1. The Balaban J connectivity index is 1.36. The number of hydrogen-bond acceptors (Lipinski definition) is 9. The molecule has 10 heteroatoms. The van der Waals surface area contributed by atoms with E-state index in [0.717, 1.165) is 35.4 Å². The first-order chi connectivity index (χ1) is 18.1. The summed E-state index contributed by atoms with van der Waals surface area (Å²) in [5, 5.41) is 8.77. The summed E-state index contributed by atoms with van der Waals surface area (Å²) in [6, 6.07) is 11.5. The molecule has 0 unspecified atom stereocenters. The average molecular weight is 503 g/mol. The fourth-order valence-electron chi connectivity index (χ4n) is 4.70. The summed E-state index contributed by atoms with van der Waals surface area (Å²) < 4.78 is 13.1. The average Bonchev–Trinajstić information content (AvgIpc) is 3.58. The van der Waals surface area contributed by atoms with E-state index in [1.54, 1.807) is 24.2 Å². The molecule has 0 amide bonds. The third kappa shape index (κ3) is 5.39. The molecule has 1 aliphatic heterocycles. The molecule has 1 aliphatic rings. The Hall–Kier alpha value is -4.05. The number of aromatic nitrogens is 4. The third-order valence-corrected chi connectivity index (χ3v) is 6.67. The van der Waals surface area contributed by atoms with Crippen molar-refractivity contribution in [3.63, 3.8) is 0 Å². The number of likely N-dealkylation sites (tertiary alicyclic amines) is 1. The molecule has 10 nitrogen and oxygen atoms in total. The topological polar surface area (TPSA) is 107 Å². The van der Waals surface area contributed by atoms with Gasteiger partial charge in [0.15, 0.2) is 5.82 Å². The number of nitrogen functional groups attached to an aromatic ring is 1. The predicted octanol–water partition coefficient (Wildman–Crippen LogP) is 4.08. The molecule has 0 bridgehead atoms. The zero-order chi connectivity index (χ0) is 25.8. The highest BCUT2D eigenvalue weighted by Crippen LogP contribution is 2.36. The quantitative estimate of drug-likeness (QED) is 0.310. The Labute approximate surface area is 217 Å². The summed E-state index contributed by atoms with van der Waals surface area (Å²) in [4.78, 5) is 13.8. The van der Waals surface area contributed by atoms with Crippen molar-refractivity contribution in [2.45, 2.75) is 19.8 Å². The Bertz CT molecular complexity index is 1370. The van der Waals surface area contributed by atoms with E-state index in [4.69, 9.17) is 20.2 Å². The molecule has 0 aliphatic carbocycles. The zero-order valence-corrected chi connectivity index (χ0v) is 21.6. The van der Waals surface area contributed by atoms with Crippen LogP contribution < -0.4 is 25.4 Å². The van der Waals surface area contributed by atoms with Crippen LogP contribution in [0.3, 0.4) is 0 Å². The van der Waals surface area contributed by atoms with Gasteiger partial charge in [-0.25, -0.2) is 9.67 Å². The van der Waals surface area contributed by atoms with Gasteiger partial charge in [-0.1, -0.05) is 0 Å². The van der Waals surface area contributed by atoms with Crippen LogP contribution >= 0.6 is 0 Å². The largest absolute Gasteiger partial charge is 0.494 e. The Kier molecular flexibility index (Phi) is 7.27. The summed E-state index contributed by atoms with van der Waals surface area (Å²) in [6.07, 6.45) is 6.07. The summed E-state index contributed by atoms with van der Waals surface area (Å²) >= 11 is 0. The molecule has 2 aromatic heterocycles. The molecule has 3 heterocycles. The van der Waals surface area contributed by atoms with Gasteiger partial charge in [0.1, 0.15) is 11.5 Å². The summed E-state index contributed by atoms with van der Waals surface area (Å²) in [7, 11) is 3.71. The van der Waals surface area contributed by atoms with Crippen molar-refractivity contribution in [3.8, 4) is 17.3 Å². The highest BCUT2D eigenvalue weighted by atomic mass is 16.5. The van der Waals surface area contributed by atoms with Crippen molar-refractivity contribution in [2.75, 3.05) is 62.9 Å². The Morgan fingerprint density at radius 2 is 1.97 bits per heavy atom. The van der Waals surface area contributed by atoms with Gasteiger partial charge in [-0.05, 0) is 57.1 Å². The van der Waals surface area contributed by atoms with Gasteiger partial charge in [0.05, 0.1) is 42.5 Å². The van der Waals surface area contributed by atoms with Gasteiger partial charge >= 0.3 is 0 Å². The summed E-state index contributed by atoms with van der Waals surface area (Å²) in [5.41, 5.74) is 9.69. The molecule has 1 saturated heterocycles. The SMILES string of the molecule is CCOc1ccc2c(cnn2-c2ccnc(Nc3cc(N)c(N(C)CCN4CCCC4)cc3OC)n2)c1. The Morgan fingerprint density at radius 3 is 2.76 bits per heavy atom. The number of nitrogens with zero attached hydrogens (tertiary/aromatic N) is 6. The molecule has 37 heavy (non-hydrogen) atoms. The molecule has 0 saturated carbocycles. The van der Waals surface area contributed by atoms with E-state index in [2.05, 4.69) is 32.2 Å². The van der Waals surface area contributed by atoms with Crippen molar-refractivity contribution < 1.29 is 9.47 Å². The van der Waals surface area contributed by atoms with Crippen LogP contribution in [0.15, 0.2) is 48.8 Å². The van der Waals surface area contributed by atoms with Gasteiger partial charge in [0, 0.05) is 43.9 Å². The number of nitrogens with two attached hydrogens (primary N) is 1. The number of methoxy groups -OCH3 is 1. The number of benzene rings is 2. The number of fused-ring (bicyclic) bond motifs is 1. The van der Waals surface area contributed by atoms with Crippen LogP contribution in [-0.2, 0) is 0 Å². The second-order valence-electron chi connectivity index (χ2n) is 9.16. The summed E-state index contributed by atoms with van der Waals surface area (Å²) in [5.74, 6) is 2.54. The molecular weight excluding hydrogens is 468 g/mol. The molecule has 0 spiro atoms. The van der Waals surface area contributed by atoms with Crippen molar-refractivity contribution in [3.05, 3.63) is 48.8 Å². The van der Waals surface area contributed by atoms with Crippen LogP contribution in [0.5, 0.6) is 11.5 Å². The molecule has 4 aromatic rings. The van der Waals surface area contributed by atoms with E-state index >= 15 is 0 Å². The van der Waals surface area contributed by atoms with Crippen LogP contribution in [-0.4, -0.2) is 71.6 Å². The van der Waals surface area contributed by atoms with Crippen LogP contribution in [0.4, 0.5) is 23.0 Å². The molecule has 194 valence electrons. The number of anilines is 4. The molecule has 3 N–H and O–H groups in total. The number of rotatable bonds is 10. The minimum atomic E-state index is 0.417. The standard InChI is InChI=1S/C27H34N8O2/c1-4-37-20-7-8-23-19(15-20)18-30-35(23)26-9-10-29-27(32-26)31-22-16-21(28)24(17-25(22)36-3)33(2)13-14-34-11-5-6-12-34/h7-10,15-18H,4-6,11-14,28H2,1-3H3,(H,29,31,32). The first-order valence-electron chi connectivity index (χ1n) is 12.7. The van der Waals surface area contributed by atoms with Crippen LogP contribution in [0, 0.1) is 0 Å². The highest BCUT2D eigenvalue weighted by molar-refractivity contribution is 5.82. The minimum absolute atomic E-state index is 0.417. The second kappa shape index (κ2) is 10.9. The lowest BCUT2D eigenvalue weighted by Gasteiger charge is -2.25. The lowest BCUT2D eigenvalue weighted by atomic mass is 10.2. The van der Waals surface area contributed by atoms with Gasteiger partial charge in [-0.2, -0.15) is 10.1 Å². The van der Waals surface area contributed by atoms with E-state index < -0.39 is 0 Å². The Morgan fingerprint density at radius 1 is 1.14 bits per heavy atom. The monoisotopic (exact) mass is 502 g/mol. The number of hydrogen-bond donors (Lipinski definition) is 2.